The molecule has 0 radical (unpaired) electrons. The molecule has 4 rings (SSSR count). The Morgan fingerprint density at radius 2 is 1.74 bits per heavy atom. The Bertz CT molecular complexity index is 994. The first-order valence-electron chi connectivity index (χ1n) is 9.86. The summed E-state index contributed by atoms with van der Waals surface area (Å²) in [5.41, 5.74) is 0.955. The maximum Gasteiger partial charge on any atom is 0.261 e. The van der Waals surface area contributed by atoms with Crippen molar-refractivity contribution in [3.8, 4) is 0 Å². The number of nitrogens with zero attached hydrogens (tertiary/aromatic N) is 2. The molecule has 2 aliphatic rings. The number of hydrogen-bond acceptors (Lipinski definition) is 5. The highest BCUT2D eigenvalue weighted by Crippen LogP contribution is 2.26. The number of halogens is 2. The first-order chi connectivity index (χ1) is 14.5. The predicted molar refractivity (Wildman–Crippen MR) is 114 cm³/mol. The van der Waals surface area contributed by atoms with Crippen molar-refractivity contribution >= 4 is 30.1 Å². The van der Waals surface area contributed by atoms with Gasteiger partial charge in [-0.05, 0) is 24.3 Å². The molecule has 0 bridgehead atoms. The number of fused-ring (bicyclic) bond motifs is 1. The zero-order chi connectivity index (χ0) is 21.1. The average Bonchev–Trinajstić information content (AvgIpc) is 3.00. The van der Waals surface area contributed by atoms with Crippen LogP contribution in [0.5, 0.6) is 0 Å². The first-order valence-corrected chi connectivity index (χ1v) is 9.86. The SMILES string of the molecule is Cl.O=C(NCCN1CCOCC1)c1ccc2c(c1)C(=O)N(Cc1ccccc1F)C2=O. The van der Waals surface area contributed by atoms with Gasteiger partial charge < -0.3 is 10.1 Å². The molecule has 0 atom stereocenters. The Balaban J connectivity index is 0.00000272. The number of ether oxygens (including phenoxy) is 1. The van der Waals surface area contributed by atoms with Crippen LogP contribution in [0.2, 0.25) is 0 Å². The molecule has 0 unspecified atom stereocenters. The van der Waals surface area contributed by atoms with Gasteiger partial charge in [0.2, 0.25) is 0 Å². The normalized spacial score (nSPS) is 16.1. The van der Waals surface area contributed by atoms with Gasteiger partial charge in [-0.3, -0.25) is 24.2 Å². The second kappa shape index (κ2) is 10.00. The van der Waals surface area contributed by atoms with Crippen molar-refractivity contribution in [2.75, 3.05) is 39.4 Å². The summed E-state index contributed by atoms with van der Waals surface area (Å²) in [6.45, 7) is 4.10. The van der Waals surface area contributed by atoms with Crippen LogP contribution >= 0.6 is 12.4 Å². The van der Waals surface area contributed by atoms with Crippen molar-refractivity contribution in [2.45, 2.75) is 6.54 Å². The molecule has 1 fully saturated rings. The molecule has 2 heterocycles. The molecular formula is C22H23ClFN3O4. The maximum atomic E-state index is 13.9. The number of morpholine rings is 1. The molecule has 9 heteroatoms. The molecule has 7 nitrogen and oxygen atoms in total. The van der Waals surface area contributed by atoms with E-state index in [2.05, 4.69) is 10.2 Å². The second-order valence-corrected chi connectivity index (χ2v) is 7.26. The minimum Gasteiger partial charge on any atom is -0.379 e. The second-order valence-electron chi connectivity index (χ2n) is 7.26. The molecule has 1 N–H and O–H groups in total. The fourth-order valence-electron chi connectivity index (χ4n) is 3.63. The number of imide groups is 1. The number of carbonyl (C=O) groups excluding carboxylic acids is 3. The predicted octanol–water partition coefficient (Wildman–Crippen LogP) is 2.11. The van der Waals surface area contributed by atoms with Crippen LogP contribution in [0.4, 0.5) is 4.39 Å². The van der Waals surface area contributed by atoms with E-state index in [1.54, 1.807) is 12.1 Å². The Labute approximate surface area is 185 Å². The van der Waals surface area contributed by atoms with Crippen LogP contribution in [-0.2, 0) is 11.3 Å². The minimum atomic E-state index is -0.527. The van der Waals surface area contributed by atoms with Crippen molar-refractivity contribution in [3.05, 3.63) is 70.5 Å². The largest absolute Gasteiger partial charge is 0.379 e. The topological polar surface area (TPSA) is 79.0 Å². The molecule has 0 saturated carbocycles. The molecule has 2 aromatic rings. The van der Waals surface area contributed by atoms with Gasteiger partial charge in [-0.15, -0.1) is 12.4 Å². The summed E-state index contributed by atoms with van der Waals surface area (Å²) in [7, 11) is 0. The summed E-state index contributed by atoms with van der Waals surface area (Å²) in [5.74, 6) is -1.80. The first kappa shape index (κ1) is 22.9. The van der Waals surface area contributed by atoms with Gasteiger partial charge in [-0.1, -0.05) is 18.2 Å². The molecule has 0 spiro atoms. The fraction of sp³-hybridized carbons (Fsp3) is 0.318. The highest BCUT2D eigenvalue weighted by atomic mass is 35.5. The molecule has 3 amide bonds. The molecule has 2 aliphatic heterocycles. The van der Waals surface area contributed by atoms with Crippen LogP contribution in [0.1, 0.15) is 36.6 Å². The molecule has 1 saturated heterocycles. The van der Waals surface area contributed by atoms with Crippen molar-refractivity contribution in [1.29, 1.82) is 0 Å². The van der Waals surface area contributed by atoms with E-state index >= 15 is 0 Å². The van der Waals surface area contributed by atoms with Crippen molar-refractivity contribution in [3.63, 3.8) is 0 Å². The minimum absolute atomic E-state index is 0. The van der Waals surface area contributed by atoms with E-state index in [0.717, 1.165) is 18.0 Å². The van der Waals surface area contributed by atoms with Crippen LogP contribution in [0.15, 0.2) is 42.5 Å². The highest BCUT2D eigenvalue weighted by molar-refractivity contribution is 6.22. The van der Waals surface area contributed by atoms with E-state index in [9.17, 15) is 18.8 Å². The maximum absolute atomic E-state index is 13.9. The quantitative estimate of drug-likeness (QED) is 0.686. The molecular weight excluding hydrogens is 425 g/mol. The average molecular weight is 448 g/mol. The lowest BCUT2D eigenvalue weighted by Gasteiger charge is -2.26. The van der Waals surface area contributed by atoms with Crippen LogP contribution in [0.3, 0.4) is 0 Å². The summed E-state index contributed by atoms with van der Waals surface area (Å²) in [5, 5.41) is 2.84. The van der Waals surface area contributed by atoms with E-state index in [1.807, 2.05) is 0 Å². The third-order valence-corrected chi connectivity index (χ3v) is 5.34. The lowest BCUT2D eigenvalue weighted by atomic mass is 10.1. The number of rotatable bonds is 6. The molecule has 2 aromatic carbocycles. The molecule has 164 valence electrons. The third-order valence-electron chi connectivity index (χ3n) is 5.34. The Kier molecular flexibility index (Phi) is 7.37. The van der Waals surface area contributed by atoms with Gasteiger partial charge in [0.15, 0.2) is 0 Å². The van der Waals surface area contributed by atoms with E-state index < -0.39 is 17.6 Å². The van der Waals surface area contributed by atoms with Gasteiger partial charge >= 0.3 is 0 Å². The molecule has 0 aromatic heterocycles. The van der Waals surface area contributed by atoms with Gasteiger partial charge in [0.25, 0.3) is 17.7 Å². The van der Waals surface area contributed by atoms with E-state index in [4.69, 9.17) is 4.74 Å². The van der Waals surface area contributed by atoms with E-state index in [1.165, 1.54) is 30.3 Å². The number of hydrogen-bond donors (Lipinski definition) is 1. The Hall–Kier alpha value is -2.81. The van der Waals surface area contributed by atoms with E-state index in [-0.39, 0.29) is 41.5 Å². The zero-order valence-corrected chi connectivity index (χ0v) is 17.6. The van der Waals surface area contributed by atoms with Gasteiger partial charge in [-0.2, -0.15) is 0 Å². The lowest BCUT2D eigenvalue weighted by molar-refractivity contribution is 0.0383. The zero-order valence-electron chi connectivity index (χ0n) is 16.8. The number of carbonyl (C=O) groups is 3. The number of nitrogens with one attached hydrogen (secondary N) is 1. The summed E-state index contributed by atoms with van der Waals surface area (Å²) < 4.78 is 19.2. The Morgan fingerprint density at radius 3 is 2.48 bits per heavy atom. The summed E-state index contributed by atoms with van der Waals surface area (Å²) in [6.07, 6.45) is 0. The van der Waals surface area contributed by atoms with Crippen LogP contribution in [0, 0.1) is 5.82 Å². The van der Waals surface area contributed by atoms with Gasteiger partial charge in [-0.25, -0.2) is 4.39 Å². The summed E-state index contributed by atoms with van der Waals surface area (Å²) >= 11 is 0. The van der Waals surface area contributed by atoms with Crippen LogP contribution < -0.4 is 5.32 Å². The van der Waals surface area contributed by atoms with Crippen LogP contribution in [0.25, 0.3) is 0 Å². The Morgan fingerprint density at radius 1 is 1.03 bits per heavy atom. The fourth-order valence-corrected chi connectivity index (χ4v) is 3.63. The molecule has 0 aliphatic carbocycles. The monoisotopic (exact) mass is 447 g/mol. The van der Waals surface area contributed by atoms with Gasteiger partial charge in [0, 0.05) is 37.3 Å². The van der Waals surface area contributed by atoms with Crippen molar-refractivity contribution < 1.29 is 23.5 Å². The number of amides is 3. The van der Waals surface area contributed by atoms with Gasteiger partial charge in [0.05, 0.1) is 30.9 Å². The smallest absolute Gasteiger partial charge is 0.261 e. The van der Waals surface area contributed by atoms with Gasteiger partial charge in [0.1, 0.15) is 5.82 Å². The standard InChI is InChI=1S/C22H22FN3O4.ClH/c23-19-4-2-1-3-16(19)14-26-21(28)17-6-5-15(13-18(17)22(26)29)20(27)24-7-8-25-9-11-30-12-10-25;/h1-6,13H,7-12,14H2,(H,24,27);1H. The van der Waals surface area contributed by atoms with Crippen molar-refractivity contribution in [1.82, 2.24) is 15.1 Å². The molecule has 31 heavy (non-hydrogen) atoms. The lowest BCUT2D eigenvalue weighted by Crippen LogP contribution is -2.41. The third kappa shape index (κ3) is 4.92. The van der Waals surface area contributed by atoms with Crippen molar-refractivity contribution in [2.24, 2.45) is 0 Å². The summed E-state index contributed by atoms with van der Waals surface area (Å²) in [4.78, 5) is 41.1. The van der Waals surface area contributed by atoms with E-state index in [0.29, 0.717) is 31.9 Å². The number of benzene rings is 2. The van der Waals surface area contributed by atoms with Crippen LogP contribution in [-0.4, -0.2) is 66.9 Å². The highest BCUT2D eigenvalue weighted by Gasteiger charge is 2.36. The summed E-state index contributed by atoms with van der Waals surface area (Å²) in [6, 6.07) is 10.5.